The van der Waals surface area contributed by atoms with Crippen LogP contribution in [0.25, 0.3) is 6.08 Å². The molecule has 0 unspecified atom stereocenters. The summed E-state index contributed by atoms with van der Waals surface area (Å²) in [6, 6.07) is 10.6. The first-order valence-electron chi connectivity index (χ1n) is 5.19. The maximum absolute atomic E-state index is 4.16. The van der Waals surface area contributed by atoms with Gasteiger partial charge in [0.15, 0.2) is 0 Å². The van der Waals surface area contributed by atoms with Crippen molar-refractivity contribution < 1.29 is 0 Å². The van der Waals surface area contributed by atoms with Crippen molar-refractivity contribution in [1.82, 2.24) is 5.32 Å². The van der Waals surface area contributed by atoms with Crippen LogP contribution in [0.4, 0.5) is 0 Å². The Hall–Kier alpha value is -1.57. The second-order valence-corrected chi connectivity index (χ2v) is 3.65. The fraction of sp³-hybridized carbons (Fsp3) is 0.308. The molecule has 0 spiro atoms. The molecule has 2 heteroatoms. The molecule has 2 nitrogen and oxygen atoms in total. The number of rotatable bonds is 3. The number of nitrogens with one attached hydrogen (secondary N) is 1. The third-order valence-corrected chi connectivity index (χ3v) is 1.91. The fourth-order valence-electron chi connectivity index (χ4n) is 1.22. The third kappa shape index (κ3) is 4.45. The average molecular weight is 202 g/mol. The van der Waals surface area contributed by atoms with Crippen molar-refractivity contribution >= 4 is 11.9 Å². The van der Waals surface area contributed by atoms with Crippen LogP contribution in [-0.2, 0) is 0 Å². The lowest BCUT2D eigenvalue weighted by Crippen LogP contribution is -2.28. The van der Waals surface area contributed by atoms with Crippen LogP contribution in [0.1, 0.15) is 19.4 Å². The van der Waals surface area contributed by atoms with Gasteiger partial charge in [-0.2, -0.15) is 0 Å². The highest BCUT2D eigenvalue weighted by Gasteiger charge is 1.94. The summed E-state index contributed by atoms with van der Waals surface area (Å²) in [4.78, 5) is 4.16. The van der Waals surface area contributed by atoms with E-state index >= 15 is 0 Å². The zero-order valence-electron chi connectivity index (χ0n) is 9.57. The molecule has 0 amide bonds. The zero-order chi connectivity index (χ0) is 11.1. The highest BCUT2D eigenvalue weighted by atomic mass is 15.0. The lowest BCUT2D eigenvalue weighted by molar-refractivity contribution is 0.734. The zero-order valence-corrected chi connectivity index (χ0v) is 9.57. The summed E-state index contributed by atoms with van der Waals surface area (Å²) in [6.07, 6.45) is 4.05. The molecule has 0 heterocycles. The third-order valence-electron chi connectivity index (χ3n) is 1.91. The molecule has 0 aliphatic carbocycles. The van der Waals surface area contributed by atoms with Gasteiger partial charge in [-0.25, -0.2) is 0 Å². The van der Waals surface area contributed by atoms with Gasteiger partial charge in [-0.05, 0) is 25.5 Å². The Morgan fingerprint density at radius 3 is 2.47 bits per heavy atom. The monoisotopic (exact) mass is 202 g/mol. The molecule has 15 heavy (non-hydrogen) atoms. The van der Waals surface area contributed by atoms with Crippen LogP contribution in [0.5, 0.6) is 0 Å². The lowest BCUT2D eigenvalue weighted by Gasteiger charge is -2.08. The summed E-state index contributed by atoms with van der Waals surface area (Å²) >= 11 is 0. The predicted molar refractivity (Wildman–Crippen MR) is 67.1 cm³/mol. The molecule has 1 aromatic rings. The number of hydrogen-bond acceptors (Lipinski definition) is 1. The molecule has 1 rings (SSSR count). The Kier molecular flexibility index (Phi) is 4.61. The quantitative estimate of drug-likeness (QED) is 0.591. The van der Waals surface area contributed by atoms with E-state index in [-0.39, 0.29) is 0 Å². The van der Waals surface area contributed by atoms with Crippen molar-refractivity contribution in [3.63, 3.8) is 0 Å². The molecule has 0 fully saturated rings. The van der Waals surface area contributed by atoms with E-state index in [0.29, 0.717) is 6.04 Å². The van der Waals surface area contributed by atoms with Crippen LogP contribution >= 0.6 is 0 Å². The molecule has 0 bridgehead atoms. The molecule has 0 aromatic heterocycles. The van der Waals surface area contributed by atoms with Crippen molar-refractivity contribution in [2.75, 3.05) is 7.05 Å². The first kappa shape index (κ1) is 11.5. The van der Waals surface area contributed by atoms with E-state index in [4.69, 9.17) is 0 Å². The van der Waals surface area contributed by atoms with Crippen LogP contribution in [0.3, 0.4) is 0 Å². The Balaban J connectivity index is 2.64. The van der Waals surface area contributed by atoms with Gasteiger partial charge >= 0.3 is 0 Å². The minimum Gasteiger partial charge on any atom is -0.368 e. The van der Waals surface area contributed by atoms with Crippen molar-refractivity contribution in [2.24, 2.45) is 4.99 Å². The molecule has 0 saturated heterocycles. The van der Waals surface area contributed by atoms with Crippen LogP contribution in [0.15, 0.2) is 41.4 Å². The van der Waals surface area contributed by atoms with Crippen LogP contribution in [-0.4, -0.2) is 18.9 Å². The minimum atomic E-state index is 0.407. The first-order valence-corrected chi connectivity index (χ1v) is 5.19. The highest BCUT2D eigenvalue weighted by molar-refractivity contribution is 5.96. The number of nitrogens with zero attached hydrogens (tertiary/aromatic N) is 1. The first-order chi connectivity index (χ1) is 7.22. The van der Waals surface area contributed by atoms with E-state index in [9.17, 15) is 0 Å². The molecule has 0 atom stereocenters. The largest absolute Gasteiger partial charge is 0.368 e. The summed E-state index contributed by atoms with van der Waals surface area (Å²) < 4.78 is 0. The maximum atomic E-state index is 4.16. The van der Waals surface area contributed by atoms with Gasteiger partial charge < -0.3 is 5.32 Å². The molecule has 1 aromatic carbocycles. The Labute approximate surface area is 91.7 Å². The Bertz CT molecular complexity index is 337. The highest BCUT2D eigenvalue weighted by Crippen LogP contribution is 2.00. The van der Waals surface area contributed by atoms with Gasteiger partial charge in [0, 0.05) is 13.1 Å². The average Bonchev–Trinajstić information content (AvgIpc) is 2.25. The number of benzene rings is 1. The van der Waals surface area contributed by atoms with Crippen molar-refractivity contribution in [3.8, 4) is 0 Å². The maximum Gasteiger partial charge on any atom is 0.120 e. The van der Waals surface area contributed by atoms with E-state index in [1.165, 1.54) is 5.56 Å². The van der Waals surface area contributed by atoms with E-state index in [1.807, 2.05) is 24.3 Å². The summed E-state index contributed by atoms with van der Waals surface area (Å²) in [6.45, 7) is 4.20. The standard InChI is InChI=1S/C13H18N2/c1-11(2)15-13(14-3)10-9-12-7-5-4-6-8-12/h4-11H,1-3H3,(H,14,15). The van der Waals surface area contributed by atoms with E-state index in [2.05, 4.69) is 42.4 Å². The van der Waals surface area contributed by atoms with Crippen LogP contribution in [0, 0.1) is 0 Å². The second kappa shape index (κ2) is 6.02. The lowest BCUT2D eigenvalue weighted by atomic mass is 10.2. The van der Waals surface area contributed by atoms with Gasteiger partial charge in [-0.3, -0.25) is 4.99 Å². The summed E-state index contributed by atoms with van der Waals surface area (Å²) in [5, 5.41) is 3.26. The Morgan fingerprint density at radius 2 is 1.93 bits per heavy atom. The second-order valence-electron chi connectivity index (χ2n) is 3.65. The molecule has 0 aliphatic heterocycles. The summed E-state index contributed by atoms with van der Waals surface area (Å²) in [5.74, 6) is 0.911. The molecule has 80 valence electrons. The summed E-state index contributed by atoms with van der Waals surface area (Å²) in [5.41, 5.74) is 1.18. The number of aliphatic imine (C=N–C) groups is 1. The number of amidine groups is 1. The Morgan fingerprint density at radius 1 is 1.27 bits per heavy atom. The smallest absolute Gasteiger partial charge is 0.120 e. The van der Waals surface area contributed by atoms with Gasteiger partial charge in [0.1, 0.15) is 5.84 Å². The van der Waals surface area contributed by atoms with E-state index < -0.39 is 0 Å². The molecule has 1 N–H and O–H groups in total. The normalized spacial score (nSPS) is 12.4. The van der Waals surface area contributed by atoms with Crippen LogP contribution in [0.2, 0.25) is 0 Å². The van der Waals surface area contributed by atoms with Crippen molar-refractivity contribution in [3.05, 3.63) is 42.0 Å². The van der Waals surface area contributed by atoms with Gasteiger partial charge in [-0.15, -0.1) is 0 Å². The van der Waals surface area contributed by atoms with Gasteiger partial charge in [0.25, 0.3) is 0 Å². The molecular weight excluding hydrogens is 184 g/mol. The molecular formula is C13H18N2. The number of hydrogen-bond donors (Lipinski definition) is 1. The molecule has 0 saturated carbocycles. The van der Waals surface area contributed by atoms with E-state index in [1.54, 1.807) is 7.05 Å². The topological polar surface area (TPSA) is 24.4 Å². The molecule has 0 radical (unpaired) electrons. The predicted octanol–water partition coefficient (Wildman–Crippen LogP) is 2.73. The van der Waals surface area contributed by atoms with Gasteiger partial charge in [0.05, 0.1) is 0 Å². The van der Waals surface area contributed by atoms with Crippen molar-refractivity contribution in [1.29, 1.82) is 0 Å². The minimum absolute atomic E-state index is 0.407. The summed E-state index contributed by atoms with van der Waals surface area (Å²) in [7, 11) is 1.79. The van der Waals surface area contributed by atoms with Crippen molar-refractivity contribution in [2.45, 2.75) is 19.9 Å². The van der Waals surface area contributed by atoms with E-state index in [0.717, 1.165) is 5.84 Å². The fourth-order valence-corrected chi connectivity index (χ4v) is 1.22. The van der Waals surface area contributed by atoms with Crippen LogP contribution < -0.4 is 5.32 Å². The SMILES string of the molecule is CN=C(C=Cc1ccccc1)NC(C)C. The van der Waals surface area contributed by atoms with Gasteiger partial charge in [0.2, 0.25) is 0 Å². The van der Waals surface area contributed by atoms with Gasteiger partial charge in [-0.1, -0.05) is 36.4 Å². The molecule has 0 aliphatic rings.